The summed E-state index contributed by atoms with van der Waals surface area (Å²) < 4.78 is 1.17. The third kappa shape index (κ3) is 3.71. The lowest BCUT2D eigenvalue weighted by Crippen LogP contribution is -2.35. The van der Waals surface area contributed by atoms with E-state index < -0.39 is 0 Å². The SMILES string of the molecule is NNC(=Nc1ccc(I)cc1)Nc1ccccc1. The van der Waals surface area contributed by atoms with Crippen molar-refractivity contribution in [3.8, 4) is 0 Å². The zero-order chi connectivity index (χ0) is 12.8. The van der Waals surface area contributed by atoms with Crippen LogP contribution in [0.1, 0.15) is 0 Å². The zero-order valence-electron chi connectivity index (χ0n) is 9.60. The first kappa shape index (κ1) is 12.8. The van der Waals surface area contributed by atoms with E-state index in [9.17, 15) is 0 Å². The largest absolute Gasteiger partial charge is 0.325 e. The van der Waals surface area contributed by atoms with Crippen molar-refractivity contribution in [3.05, 3.63) is 58.2 Å². The zero-order valence-corrected chi connectivity index (χ0v) is 11.8. The predicted molar refractivity (Wildman–Crippen MR) is 83.6 cm³/mol. The summed E-state index contributed by atoms with van der Waals surface area (Å²) in [7, 11) is 0. The van der Waals surface area contributed by atoms with E-state index in [0.717, 1.165) is 11.4 Å². The first-order valence-corrected chi connectivity index (χ1v) is 6.49. The van der Waals surface area contributed by atoms with E-state index in [2.05, 4.69) is 38.3 Å². The predicted octanol–water partition coefficient (Wildman–Crippen LogP) is 2.85. The molecule has 18 heavy (non-hydrogen) atoms. The topological polar surface area (TPSA) is 62.4 Å². The third-order valence-corrected chi connectivity index (χ3v) is 2.96. The van der Waals surface area contributed by atoms with E-state index in [4.69, 9.17) is 5.84 Å². The summed E-state index contributed by atoms with van der Waals surface area (Å²) in [5, 5.41) is 3.10. The maximum atomic E-state index is 5.45. The van der Waals surface area contributed by atoms with Crippen LogP contribution in [0.4, 0.5) is 11.4 Å². The highest BCUT2D eigenvalue weighted by Crippen LogP contribution is 2.14. The molecule has 0 fully saturated rings. The Hall–Kier alpha value is -1.60. The molecule has 2 aromatic carbocycles. The molecule has 0 amide bonds. The Morgan fingerprint density at radius 2 is 1.67 bits per heavy atom. The van der Waals surface area contributed by atoms with Crippen LogP contribution in [0.25, 0.3) is 0 Å². The van der Waals surface area contributed by atoms with E-state index in [1.54, 1.807) is 0 Å². The van der Waals surface area contributed by atoms with Crippen molar-refractivity contribution in [1.29, 1.82) is 0 Å². The van der Waals surface area contributed by atoms with E-state index in [-0.39, 0.29) is 0 Å². The molecular weight excluding hydrogens is 339 g/mol. The van der Waals surface area contributed by atoms with Gasteiger partial charge in [-0.1, -0.05) is 18.2 Å². The minimum absolute atomic E-state index is 0.502. The van der Waals surface area contributed by atoms with Gasteiger partial charge in [0.25, 0.3) is 0 Å². The van der Waals surface area contributed by atoms with Crippen molar-refractivity contribution >= 4 is 39.9 Å². The van der Waals surface area contributed by atoms with Crippen molar-refractivity contribution in [2.75, 3.05) is 5.32 Å². The van der Waals surface area contributed by atoms with Gasteiger partial charge in [-0.15, -0.1) is 0 Å². The Morgan fingerprint density at radius 1 is 1.00 bits per heavy atom. The van der Waals surface area contributed by atoms with E-state index >= 15 is 0 Å². The molecule has 2 rings (SSSR count). The molecule has 0 heterocycles. The number of rotatable bonds is 2. The third-order valence-electron chi connectivity index (χ3n) is 2.24. The fourth-order valence-electron chi connectivity index (χ4n) is 1.40. The van der Waals surface area contributed by atoms with Crippen molar-refractivity contribution in [2.24, 2.45) is 10.8 Å². The van der Waals surface area contributed by atoms with Gasteiger partial charge in [0.1, 0.15) is 0 Å². The quantitative estimate of drug-likeness (QED) is 0.256. The number of guanidine groups is 1. The number of nitrogens with two attached hydrogens (primary N) is 1. The molecule has 0 radical (unpaired) electrons. The first-order valence-electron chi connectivity index (χ1n) is 5.41. The maximum absolute atomic E-state index is 5.45. The van der Waals surface area contributed by atoms with Crippen LogP contribution in [0, 0.1) is 3.57 Å². The summed E-state index contributed by atoms with van der Waals surface area (Å²) in [6.07, 6.45) is 0. The fourth-order valence-corrected chi connectivity index (χ4v) is 1.76. The molecule has 0 bridgehead atoms. The molecule has 0 atom stereocenters. The van der Waals surface area contributed by atoms with Crippen LogP contribution >= 0.6 is 22.6 Å². The van der Waals surface area contributed by atoms with Gasteiger partial charge >= 0.3 is 0 Å². The summed E-state index contributed by atoms with van der Waals surface area (Å²) in [6, 6.07) is 17.6. The van der Waals surface area contributed by atoms with Gasteiger partial charge in [-0.25, -0.2) is 10.8 Å². The number of nitrogens with one attached hydrogen (secondary N) is 2. The lowest BCUT2D eigenvalue weighted by molar-refractivity contribution is 1.02. The number of hydrogen-bond donors (Lipinski definition) is 3. The Kier molecular flexibility index (Phi) is 4.54. The average molecular weight is 352 g/mol. The van der Waals surface area contributed by atoms with Crippen LogP contribution in [0.3, 0.4) is 0 Å². The fraction of sp³-hybridized carbons (Fsp3) is 0. The van der Waals surface area contributed by atoms with Crippen molar-refractivity contribution in [3.63, 3.8) is 0 Å². The van der Waals surface area contributed by atoms with Crippen LogP contribution in [0.15, 0.2) is 59.6 Å². The van der Waals surface area contributed by atoms with Crippen LogP contribution in [0.5, 0.6) is 0 Å². The van der Waals surface area contributed by atoms with Gasteiger partial charge in [-0.2, -0.15) is 0 Å². The molecule has 0 saturated heterocycles. The number of hydrogen-bond acceptors (Lipinski definition) is 2. The second kappa shape index (κ2) is 6.36. The molecule has 0 aliphatic rings. The molecule has 4 nitrogen and oxygen atoms in total. The van der Waals surface area contributed by atoms with E-state index in [1.807, 2.05) is 54.6 Å². The normalized spacial score (nSPS) is 11.1. The molecule has 0 aliphatic heterocycles. The highest BCUT2D eigenvalue weighted by molar-refractivity contribution is 14.1. The van der Waals surface area contributed by atoms with Gasteiger partial charge in [0, 0.05) is 9.26 Å². The van der Waals surface area contributed by atoms with Crippen LogP contribution in [-0.2, 0) is 0 Å². The van der Waals surface area contributed by atoms with E-state index in [0.29, 0.717) is 5.96 Å². The highest BCUT2D eigenvalue weighted by atomic mass is 127. The van der Waals surface area contributed by atoms with E-state index in [1.165, 1.54) is 3.57 Å². The Balaban J connectivity index is 2.15. The summed E-state index contributed by atoms with van der Waals surface area (Å²) >= 11 is 2.25. The van der Waals surface area contributed by atoms with Crippen LogP contribution in [-0.4, -0.2) is 5.96 Å². The lowest BCUT2D eigenvalue weighted by Gasteiger charge is -2.08. The Labute approximate surface area is 119 Å². The van der Waals surface area contributed by atoms with Gasteiger partial charge in [-0.05, 0) is 59.0 Å². The number of halogens is 1. The Morgan fingerprint density at radius 3 is 2.28 bits per heavy atom. The van der Waals surface area contributed by atoms with Crippen molar-refractivity contribution in [2.45, 2.75) is 0 Å². The van der Waals surface area contributed by atoms with Crippen LogP contribution in [0.2, 0.25) is 0 Å². The molecule has 92 valence electrons. The summed E-state index contributed by atoms with van der Waals surface area (Å²) in [4.78, 5) is 4.38. The van der Waals surface area contributed by atoms with Crippen molar-refractivity contribution < 1.29 is 0 Å². The molecule has 0 unspecified atom stereocenters. The van der Waals surface area contributed by atoms with Gasteiger partial charge in [0.2, 0.25) is 5.96 Å². The van der Waals surface area contributed by atoms with Gasteiger partial charge in [0.15, 0.2) is 0 Å². The standard InChI is InChI=1S/C13H13IN4/c14-10-6-8-12(9-7-10)17-13(18-15)16-11-4-2-1-3-5-11/h1-9H,15H2,(H2,16,17,18). The molecule has 4 N–H and O–H groups in total. The number of hydrazine groups is 1. The summed E-state index contributed by atoms with van der Waals surface area (Å²) in [6.45, 7) is 0. The van der Waals surface area contributed by atoms with Crippen LogP contribution < -0.4 is 16.6 Å². The summed E-state index contributed by atoms with van der Waals surface area (Å²) in [5.74, 6) is 5.96. The molecular formula is C13H13IN4. The smallest absolute Gasteiger partial charge is 0.215 e. The number of nitrogens with zero attached hydrogens (tertiary/aromatic N) is 1. The number of benzene rings is 2. The highest BCUT2D eigenvalue weighted by Gasteiger charge is 1.98. The molecule has 0 aromatic heterocycles. The maximum Gasteiger partial charge on any atom is 0.215 e. The second-order valence-electron chi connectivity index (χ2n) is 3.57. The van der Waals surface area contributed by atoms with Crippen molar-refractivity contribution in [1.82, 2.24) is 5.43 Å². The lowest BCUT2D eigenvalue weighted by atomic mass is 10.3. The number of para-hydroxylation sites is 1. The summed E-state index contributed by atoms with van der Waals surface area (Å²) in [5.41, 5.74) is 4.32. The minimum atomic E-state index is 0.502. The van der Waals surface area contributed by atoms with Gasteiger partial charge in [0.05, 0.1) is 5.69 Å². The molecule has 0 spiro atoms. The monoisotopic (exact) mass is 352 g/mol. The van der Waals surface area contributed by atoms with Gasteiger partial charge < -0.3 is 5.32 Å². The molecule has 0 aliphatic carbocycles. The number of aliphatic imine (C=N–C) groups is 1. The molecule has 2 aromatic rings. The molecule has 0 saturated carbocycles. The average Bonchev–Trinajstić information content (AvgIpc) is 2.41. The minimum Gasteiger partial charge on any atom is -0.325 e. The second-order valence-corrected chi connectivity index (χ2v) is 4.82. The number of anilines is 1. The van der Waals surface area contributed by atoms with Gasteiger partial charge in [-0.3, -0.25) is 5.43 Å². The first-order chi connectivity index (χ1) is 8.78. The molecule has 5 heteroatoms. The Bertz CT molecular complexity index is 522.